The summed E-state index contributed by atoms with van der Waals surface area (Å²) in [5.74, 6) is 5.67. The lowest BCUT2D eigenvalue weighted by Gasteiger charge is -2.41. The Bertz CT molecular complexity index is 1060. The fraction of sp³-hybridized carbons (Fsp3) is 0.500. The van der Waals surface area contributed by atoms with Crippen molar-refractivity contribution < 1.29 is 9.59 Å². The molecule has 0 spiro atoms. The molecule has 0 radical (unpaired) electrons. The lowest BCUT2D eigenvalue weighted by molar-refractivity contribution is -0.134. The molecule has 1 N–H and O–H groups in total. The van der Waals surface area contributed by atoms with E-state index in [0.29, 0.717) is 6.42 Å². The van der Waals surface area contributed by atoms with Crippen molar-refractivity contribution in [1.82, 2.24) is 24.9 Å². The molecule has 2 aliphatic heterocycles. The Hall–Kier alpha value is -3.11. The Morgan fingerprint density at radius 1 is 1.18 bits per heavy atom. The van der Waals surface area contributed by atoms with Gasteiger partial charge >= 0.3 is 6.03 Å². The second kappa shape index (κ2) is 9.80. The summed E-state index contributed by atoms with van der Waals surface area (Å²) >= 11 is 0. The van der Waals surface area contributed by atoms with E-state index in [1.54, 1.807) is 6.92 Å². The maximum Gasteiger partial charge on any atom is 0.325 e. The minimum Gasteiger partial charge on any atom is -0.323 e. The number of aromatic nitrogens is 2. The number of aryl methyl sites for hydroxylation is 2. The van der Waals surface area contributed by atoms with Gasteiger partial charge in [0.1, 0.15) is 5.54 Å². The summed E-state index contributed by atoms with van der Waals surface area (Å²) in [7, 11) is 1.96. The van der Waals surface area contributed by atoms with Crippen LogP contribution in [0.25, 0.3) is 0 Å². The molecule has 7 nitrogen and oxygen atoms in total. The van der Waals surface area contributed by atoms with Crippen LogP contribution in [0.2, 0.25) is 0 Å². The van der Waals surface area contributed by atoms with Gasteiger partial charge in [0.15, 0.2) is 0 Å². The molecule has 4 rings (SSSR count). The van der Waals surface area contributed by atoms with Gasteiger partial charge in [0.2, 0.25) is 0 Å². The third-order valence-electron chi connectivity index (χ3n) is 7.28. The highest BCUT2D eigenvalue weighted by Gasteiger charge is 2.55. The first-order valence-electron chi connectivity index (χ1n) is 11.7. The minimum absolute atomic E-state index is 0.100. The average molecular weight is 448 g/mol. The monoisotopic (exact) mass is 447 g/mol. The molecular weight excluding hydrogens is 414 g/mol. The average Bonchev–Trinajstić information content (AvgIpc) is 3.28. The molecule has 2 aliphatic rings. The number of nitrogens with zero attached hydrogens (tertiary/aromatic N) is 4. The zero-order chi connectivity index (χ0) is 23.4. The van der Waals surface area contributed by atoms with Crippen LogP contribution in [0.3, 0.4) is 0 Å². The fourth-order valence-corrected chi connectivity index (χ4v) is 5.11. The number of carbonyl (C=O) groups excluding carboxylic acids is 2. The van der Waals surface area contributed by atoms with Crippen molar-refractivity contribution >= 4 is 11.9 Å². The van der Waals surface area contributed by atoms with Crippen molar-refractivity contribution in [2.24, 2.45) is 13.0 Å². The van der Waals surface area contributed by atoms with Crippen molar-refractivity contribution in [1.29, 1.82) is 0 Å². The largest absolute Gasteiger partial charge is 0.325 e. The van der Waals surface area contributed by atoms with Crippen LogP contribution < -0.4 is 5.32 Å². The maximum atomic E-state index is 13.6. The van der Waals surface area contributed by atoms with Crippen molar-refractivity contribution in [3.05, 3.63) is 53.3 Å². The van der Waals surface area contributed by atoms with Gasteiger partial charge in [0.05, 0.1) is 12.7 Å². The summed E-state index contributed by atoms with van der Waals surface area (Å²) in [5, 5.41) is 7.49. The Labute approximate surface area is 196 Å². The van der Waals surface area contributed by atoms with Crippen LogP contribution in [0.5, 0.6) is 0 Å². The highest BCUT2D eigenvalue weighted by Crippen LogP contribution is 2.37. The molecule has 0 aliphatic carbocycles. The lowest BCUT2D eigenvalue weighted by atomic mass is 9.74. The smallest absolute Gasteiger partial charge is 0.323 e. The number of benzene rings is 1. The number of rotatable bonds is 7. The zero-order valence-electron chi connectivity index (χ0n) is 19.8. The Morgan fingerprint density at radius 2 is 1.91 bits per heavy atom. The predicted octanol–water partition coefficient (Wildman–Crippen LogP) is 2.89. The van der Waals surface area contributed by atoms with Crippen LogP contribution in [-0.4, -0.2) is 56.7 Å². The number of carbonyl (C=O) groups is 2. The number of hydrogen-bond donors (Lipinski definition) is 1. The van der Waals surface area contributed by atoms with Gasteiger partial charge in [-0.05, 0) is 64.1 Å². The molecule has 33 heavy (non-hydrogen) atoms. The number of urea groups is 1. The Kier molecular flexibility index (Phi) is 6.85. The summed E-state index contributed by atoms with van der Waals surface area (Å²) in [4.78, 5) is 30.2. The van der Waals surface area contributed by atoms with E-state index in [1.165, 1.54) is 21.7 Å². The van der Waals surface area contributed by atoms with Crippen molar-refractivity contribution in [3.8, 4) is 11.8 Å². The number of hydrogen-bond acceptors (Lipinski definition) is 4. The van der Waals surface area contributed by atoms with Crippen molar-refractivity contribution in [2.45, 2.75) is 51.6 Å². The number of amides is 3. The molecular formula is C26H33N5O2. The van der Waals surface area contributed by atoms with E-state index in [1.807, 2.05) is 36.1 Å². The molecule has 0 bridgehead atoms. The van der Waals surface area contributed by atoms with Gasteiger partial charge in [-0.2, -0.15) is 5.10 Å². The molecule has 1 atom stereocenters. The van der Waals surface area contributed by atoms with E-state index in [9.17, 15) is 9.59 Å². The summed E-state index contributed by atoms with van der Waals surface area (Å²) in [6.07, 6.45) is 5.02. The first-order valence-corrected chi connectivity index (χ1v) is 11.7. The van der Waals surface area contributed by atoms with E-state index < -0.39 is 5.54 Å². The molecule has 174 valence electrons. The van der Waals surface area contributed by atoms with Gasteiger partial charge in [0.25, 0.3) is 5.91 Å². The summed E-state index contributed by atoms with van der Waals surface area (Å²) < 4.78 is 1.90. The normalized spacial score (nSPS) is 21.7. The van der Waals surface area contributed by atoms with Crippen LogP contribution in [0, 0.1) is 24.7 Å². The van der Waals surface area contributed by atoms with E-state index in [0.717, 1.165) is 38.9 Å². The predicted molar refractivity (Wildman–Crippen MR) is 127 cm³/mol. The van der Waals surface area contributed by atoms with E-state index >= 15 is 0 Å². The molecule has 7 heteroatoms. The quantitative estimate of drug-likeness (QED) is 0.523. The van der Waals surface area contributed by atoms with Crippen LogP contribution in [0.4, 0.5) is 4.79 Å². The van der Waals surface area contributed by atoms with Crippen LogP contribution >= 0.6 is 0 Å². The van der Waals surface area contributed by atoms with Gasteiger partial charge in [-0.3, -0.25) is 19.3 Å². The number of piperidine rings is 1. The number of imide groups is 1. The Balaban J connectivity index is 1.50. The minimum atomic E-state index is -0.862. The zero-order valence-corrected chi connectivity index (χ0v) is 19.8. The second-order valence-corrected chi connectivity index (χ2v) is 9.13. The van der Waals surface area contributed by atoms with Crippen molar-refractivity contribution in [3.63, 3.8) is 0 Å². The molecule has 2 fully saturated rings. The van der Waals surface area contributed by atoms with Gasteiger partial charge in [-0.25, -0.2) is 4.79 Å². The molecule has 1 unspecified atom stereocenters. The van der Waals surface area contributed by atoms with E-state index in [4.69, 9.17) is 0 Å². The molecule has 1 aromatic carbocycles. The molecule has 3 amide bonds. The molecule has 1 aromatic heterocycles. The van der Waals surface area contributed by atoms with Gasteiger partial charge in [-0.15, -0.1) is 5.92 Å². The van der Waals surface area contributed by atoms with Crippen LogP contribution in [-0.2, 0) is 24.8 Å². The maximum absolute atomic E-state index is 13.6. The van der Waals surface area contributed by atoms with Crippen molar-refractivity contribution in [2.75, 3.05) is 19.6 Å². The second-order valence-electron chi connectivity index (χ2n) is 9.13. The fourth-order valence-electron chi connectivity index (χ4n) is 5.11. The van der Waals surface area contributed by atoms with E-state index in [-0.39, 0.29) is 24.4 Å². The number of likely N-dealkylation sites (tertiary alicyclic amines) is 1. The SMILES string of the molecule is CC#CCN1C(=O)NC(CCc2ccccc2)(C2CCN(Cc3cnn(C)c3C)CC2)C1=O. The third kappa shape index (κ3) is 4.67. The summed E-state index contributed by atoms with van der Waals surface area (Å²) in [6.45, 7) is 6.61. The first kappa shape index (κ1) is 23.1. The standard InChI is InChI=1S/C26H33N5O2/c1-4-5-15-31-24(32)26(28-25(31)33,14-11-21-9-7-6-8-10-21)23-12-16-30(17-13-23)19-22-18-27-29(3)20(22)2/h6-10,18,23H,11-17,19H2,1-3H3,(H,28,33). The molecule has 3 heterocycles. The summed E-state index contributed by atoms with van der Waals surface area (Å²) in [6, 6.07) is 9.86. The van der Waals surface area contributed by atoms with Crippen LogP contribution in [0.1, 0.15) is 43.0 Å². The highest BCUT2D eigenvalue weighted by molar-refractivity contribution is 6.07. The topological polar surface area (TPSA) is 70.5 Å². The van der Waals surface area contributed by atoms with Gasteiger partial charge < -0.3 is 5.32 Å². The molecule has 2 saturated heterocycles. The lowest BCUT2D eigenvalue weighted by Crippen LogP contribution is -2.56. The third-order valence-corrected chi connectivity index (χ3v) is 7.28. The number of nitrogens with one attached hydrogen (secondary N) is 1. The Morgan fingerprint density at radius 3 is 2.55 bits per heavy atom. The van der Waals surface area contributed by atoms with Crippen LogP contribution in [0.15, 0.2) is 36.5 Å². The van der Waals surface area contributed by atoms with E-state index in [2.05, 4.69) is 46.2 Å². The first-order chi connectivity index (χ1) is 15.9. The highest BCUT2D eigenvalue weighted by atomic mass is 16.2. The van der Waals surface area contributed by atoms with Gasteiger partial charge in [0, 0.05) is 24.8 Å². The molecule has 2 aromatic rings. The van der Waals surface area contributed by atoms with Gasteiger partial charge in [-0.1, -0.05) is 36.3 Å². The molecule has 0 saturated carbocycles. The summed E-state index contributed by atoms with van der Waals surface area (Å²) in [5.41, 5.74) is 2.74.